The molecule has 0 amide bonds. The second kappa shape index (κ2) is 3.00. The van der Waals surface area contributed by atoms with Gasteiger partial charge in [0.15, 0.2) is 0 Å². The molecule has 1 unspecified atom stereocenters. The number of allylic oxidation sites excluding steroid dienone is 2. The van der Waals surface area contributed by atoms with E-state index in [0.717, 1.165) is 6.08 Å². The van der Waals surface area contributed by atoms with Crippen LogP contribution in [-0.2, 0) is 4.79 Å². The van der Waals surface area contributed by atoms with Gasteiger partial charge >= 0.3 is 12.1 Å². The number of carbonyl (C=O) groups is 1. The van der Waals surface area contributed by atoms with Crippen LogP contribution in [0, 0.1) is 17.3 Å². The van der Waals surface area contributed by atoms with Crippen molar-refractivity contribution < 1.29 is 23.1 Å². The third-order valence-electron chi connectivity index (χ3n) is 2.67. The summed E-state index contributed by atoms with van der Waals surface area (Å²) >= 11 is 0. The van der Waals surface area contributed by atoms with Gasteiger partial charge in [-0.3, -0.25) is 4.79 Å². The van der Waals surface area contributed by atoms with Gasteiger partial charge in [0.25, 0.3) is 0 Å². The highest BCUT2D eigenvalue weighted by atomic mass is 19.4. The molecule has 1 N–H and O–H groups in total. The molecule has 1 aliphatic carbocycles. The first kappa shape index (κ1) is 11.1. The molecule has 2 atom stereocenters. The maximum Gasteiger partial charge on any atom is 0.409 e. The third-order valence-corrected chi connectivity index (χ3v) is 2.67. The molecule has 1 fully saturated rings. The van der Waals surface area contributed by atoms with E-state index in [9.17, 15) is 18.0 Å². The summed E-state index contributed by atoms with van der Waals surface area (Å²) in [5, 5.41) is 8.67. The lowest BCUT2D eigenvalue weighted by atomic mass is 10.1. The molecule has 0 bridgehead atoms. The molecule has 0 spiro atoms. The molecule has 0 aromatic rings. The molecule has 1 rings (SSSR count). The predicted molar refractivity (Wildman–Crippen MR) is 43.6 cm³/mol. The van der Waals surface area contributed by atoms with Crippen molar-refractivity contribution in [2.24, 2.45) is 17.3 Å². The second-order valence-corrected chi connectivity index (χ2v) is 4.06. The molecule has 80 valence electrons. The average molecular weight is 208 g/mol. The molecular weight excluding hydrogens is 197 g/mol. The third kappa shape index (κ3) is 2.08. The van der Waals surface area contributed by atoms with Crippen molar-refractivity contribution in [2.75, 3.05) is 0 Å². The molecule has 1 saturated carbocycles. The molecule has 0 aromatic carbocycles. The van der Waals surface area contributed by atoms with Gasteiger partial charge in [0.1, 0.15) is 0 Å². The Morgan fingerprint density at radius 2 is 1.93 bits per heavy atom. The summed E-state index contributed by atoms with van der Waals surface area (Å²) in [5.41, 5.74) is -0.562. The maximum atomic E-state index is 11.8. The van der Waals surface area contributed by atoms with Gasteiger partial charge in [0.2, 0.25) is 0 Å². The van der Waals surface area contributed by atoms with E-state index in [2.05, 4.69) is 0 Å². The Balaban J connectivity index is 2.67. The van der Waals surface area contributed by atoms with Gasteiger partial charge in [-0.1, -0.05) is 19.9 Å². The molecular formula is C9H11F3O2. The number of hydrogen-bond donors (Lipinski definition) is 1. The highest BCUT2D eigenvalue weighted by Crippen LogP contribution is 2.59. The van der Waals surface area contributed by atoms with Crippen LogP contribution >= 0.6 is 0 Å². The fourth-order valence-corrected chi connectivity index (χ4v) is 1.72. The number of hydrogen-bond acceptors (Lipinski definition) is 1. The van der Waals surface area contributed by atoms with Crippen molar-refractivity contribution in [3.05, 3.63) is 12.2 Å². The van der Waals surface area contributed by atoms with Crippen molar-refractivity contribution in [2.45, 2.75) is 20.0 Å². The molecule has 14 heavy (non-hydrogen) atoms. The number of alkyl halides is 3. The Morgan fingerprint density at radius 3 is 2.21 bits per heavy atom. The van der Waals surface area contributed by atoms with Crippen LogP contribution in [0.1, 0.15) is 13.8 Å². The van der Waals surface area contributed by atoms with E-state index in [1.165, 1.54) is 0 Å². The van der Waals surface area contributed by atoms with Gasteiger partial charge in [-0.15, -0.1) is 0 Å². The summed E-state index contributed by atoms with van der Waals surface area (Å²) < 4.78 is 35.4. The Morgan fingerprint density at radius 1 is 1.43 bits per heavy atom. The monoisotopic (exact) mass is 208 g/mol. The van der Waals surface area contributed by atoms with E-state index in [-0.39, 0.29) is 6.08 Å². The fourth-order valence-electron chi connectivity index (χ4n) is 1.72. The van der Waals surface area contributed by atoms with E-state index in [1.807, 2.05) is 0 Å². The van der Waals surface area contributed by atoms with Crippen molar-refractivity contribution in [3.63, 3.8) is 0 Å². The highest BCUT2D eigenvalue weighted by Gasteiger charge is 2.60. The van der Waals surface area contributed by atoms with Crippen LogP contribution in [0.15, 0.2) is 12.2 Å². The fraction of sp³-hybridized carbons (Fsp3) is 0.667. The van der Waals surface area contributed by atoms with Crippen LogP contribution in [0.5, 0.6) is 0 Å². The molecule has 0 heterocycles. The van der Waals surface area contributed by atoms with Gasteiger partial charge < -0.3 is 5.11 Å². The van der Waals surface area contributed by atoms with Gasteiger partial charge in [-0.2, -0.15) is 13.2 Å². The zero-order valence-electron chi connectivity index (χ0n) is 7.80. The second-order valence-electron chi connectivity index (χ2n) is 4.06. The molecule has 0 aromatic heterocycles. The molecule has 0 aliphatic heterocycles. The number of carboxylic acid groups (broad SMARTS) is 1. The summed E-state index contributed by atoms with van der Waals surface area (Å²) in [4.78, 5) is 10.6. The van der Waals surface area contributed by atoms with E-state index < -0.39 is 29.4 Å². The van der Waals surface area contributed by atoms with Crippen molar-refractivity contribution in [1.82, 2.24) is 0 Å². The Kier molecular flexibility index (Phi) is 2.37. The lowest BCUT2D eigenvalue weighted by Gasteiger charge is -1.98. The Labute approximate surface area is 79.4 Å². The minimum atomic E-state index is -4.36. The van der Waals surface area contributed by atoms with Crippen LogP contribution in [0.4, 0.5) is 13.2 Å². The quantitative estimate of drug-likeness (QED) is 0.708. The average Bonchev–Trinajstić information content (AvgIpc) is 2.47. The number of carboxylic acids is 1. The Hall–Kier alpha value is -1.00. The highest BCUT2D eigenvalue weighted by molar-refractivity contribution is 5.76. The van der Waals surface area contributed by atoms with Gasteiger partial charge in [-0.25, -0.2) is 0 Å². The first-order valence-electron chi connectivity index (χ1n) is 4.15. The predicted octanol–water partition coefficient (Wildman–Crippen LogP) is 2.46. The Bertz CT molecular complexity index is 278. The number of aliphatic carboxylic acids is 1. The standard InChI is InChI=1S/C9H11F3O2/c1-8(2)5(6(8)7(13)14)3-4-9(10,11)12/h3-6H,1-2H3,(H,13,14)/b4-3+/t5?,6-/m0/s1. The number of halogens is 3. The van der Waals surface area contributed by atoms with Gasteiger partial charge in [0.05, 0.1) is 5.92 Å². The smallest absolute Gasteiger partial charge is 0.409 e. The van der Waals surface area contributed by atoms with Crippen molar-refractivity contribution in [1.29, 1.82) is 0 Å². The van der Waals surface area contributed by atoms with Crippen LogP contribution in [0.25, 0.3) is 0 Å². The summed E-state index contributed by atoms with van der Waals surface area (Å²) in [6, 6.07) is 0. The van der Waals surface area contributed by atoms with Crippen LogP contribution in [0.2, 0.25) is 0 Å². The van der Waals surface area contributed by atoms with E-state index in [0.29, 0.717) is 0 Å². The van der Waals surface area contributed by atoms with Gasteiger partial charge in [0, 0.05) is 6.08 Å². The zero-order chi connectivity index (χ0) is 11.1. The van der Waals surface area contributed by atoms with Gasteiger partial charge in [-0.05, 0) is 11.3 Å². The molecule has 5 heteroatoms. The number of rotatable bonds is 2. The minimum Gasteiger partial charge on any atom is -0.481 e. The SMILES string of the molecule is CC1(C)C(/C=C/C(F)(F)F)[C@H]1C(=O)O. The largest absolute Gasteiger partial charge is 0.481 e. The van der Waals surface area contributed by atoms with Crippen molar-refractivity contribution >= 4 is 5.97 Å². The molecule has 2 nitrogen and oxygen atoms in total. The van der Waals surface area contributed by atoms with E-state index in [1.54, 1.807) is 13.8 Å². The summed E-state index contributed by atoms with van der Waals surface area (Å²) in [7, 11) is 0. The van der Waals surface area contributed by atoms with Crippen LogP contribution < -0.4 is 0 Å². The molecule has 0 saturated heterocycles. The first-order chi connectivity index (χ1) is 6.16. The summed E-state index contributed by atoms with van der Waals surface area (Å²) in [6.07, 6.45) is -3.30. The van der Waals surface area contributed by atoms with E-state index in [4.69, 9.17) is 5.11 Å². The molecule has 1 aliphatic rings. The maximum absolute atomic E-state index is 11.8. The zero-order valence-corrected chi connectivity index (χ0v) is 7.80. The summed E-state index contributed by atoms with van der Waals surface area (Å²) in [6.45, 7) is 3.30. The van der Waals surface area contributed by atoms with E-state index >= 15 is 0 Å². The lowest BCUT2D eigenvalue weighted by molar-refractivity contribution is -0.139. The normalized spacial score (nSPS) is 30.6. The van der Waals surface area contributed by atoms with Crippen LogP contribution in [-0.4, -0.2) is 17.3 Å². The lowest BCUT2D eigenvalue weighted by Crippen LogP contribution is -2.03. The van der Waals surface area contributed by atoms with Crippen LogP contribution in [0.3, 0.4) is 0 Å². The van der Waals surface area contributed by atoms with Crippen molar-refractivity contribution in [3.8, 4) is 0 Å². The molecule has 0 radical (unpaired) electrons. The minimum absolute atomic E-state index is 0.113. The first-order valence-corrected chi connectivity index (χ1v) is 4.15. The summed E-state index contributed by atoms with van der Waals surface area (Å²) in [5.74, 6) is -2.24. The topological polar surface area (TPSA) is 37.3 Å².